The van der Waals surface area contributed by atoms with E-state index >= 15 is 0 Å². The third kappa shape index (κ3) is 4.43. The maximum atomic E-state index is 13.4. The molecule has 16 heavy (non-hydrogen) atoms. The van der Waals surface area contributed by atoms with E-state index in [1.807, 2.05) is 6.92 Å². The third-order valence-corrected chi connectivity index (χ3v) is 2.78. The highest BCUT2D eigenvalue weighted by Crippen LogP contribution is 2.37. The lowest BCUT2D eigenvalue weighted by molar-refractivity contribution is -0.0328. The first-order valence-electron chi connectivity index (χ1n) is 4.96. The molecule has 0 unspecified atom stereocenters. The van der Waals surface area contributed by atoms with Crippen molar-refractivity contribution in [2.24, 2.45) is 0 Å². The maximum absolute atomic E-state index is 13.4. The van der Waals surface area contributed by atoms with Gasteiger partial charge < -0.3 is 0 Å². The molecule has 0 spiro atoms. The largest absolute Gasteiger partial charge is 0.446 e. The first-order chi connectivity index (χ1) is 7.42. The number of thioether (sulfide) groups is 1. The highest BCUT2D eigenvalue weighted by molar-refractivity contribution is 8.00. The van der Waals surface area contributed by atoms with Crippen LogP contribution in [0, 0.1) is 5.82 Å². The molecular formula is C11H12F4S. The second kappa shape index (κ2) is 5.57. The Hall–Kier alpha value is -0.710. The maximum Gasteiger partial charge on any atom is 0.446 e. The summed E-state index contributed by atoms with van der Waals surface area (Å²) in [7, 11) is 0. The van der Waals surface area contributed by atoms with Crippen LogP contribution in [0.4, 0.5) is 17.6 Å². The molecule has 0 heterocycles. The molecule has 0 fully saturated rings. The molecule has 0 aliphatic carbocycles. The fourth-order valence-corrected chi connectivity index (χ4v) is 1.86. The van der Waals surface area contributed by atoms with E-state index in [1.165, 1.54) is 12.1 Å². The van der Waals surface area contributed by atoms with Gasteiger partial charge in [0.1, 0.15) is 5.82 Å². The monoisotopic (exact) mass is 252 g/mol. The molecule has 0 saturated heterocycles. The van der Waals surface area contributed by atoms with E-state index in [9.17, 15) is 17.6 Å². The van der Waals surface area contributed by atoms with E-state index in [-0.39, 0.29) is 16.7 Å². The van der Waals surface area contributed by atoms with Crippen LogP contribution >= 0.6 is 11.8 Å². The Balaban J connectivity index is 2.74. The van der Waals surface area contributed by atoms with Gasteiger partial charge in [0, 0.05) is 4.90 Å². The average molecular weight is 252 g/mol. The molecule has 0 saturated carbocycles. The van der Waals surface area contributed by atoms with Crippen molar-refractivity contribution in [1.29, 1.82) is 0 Å². The Morgan fingerprint density at radius 1 is 1.25 bits per heavy atom. The molecule has 5 heteroatoms. The van der Waals surface area contributed by atoms with Crippen LogP contribution in [0.3, 0.4) is 0 Å². The predicted molar refractivity (Wildman–Crippen MR) is 56.9 cm³/mol. The molecule has 0 atom stereocenters. The lowest BCUT2D eigenvalue weighted by Crippen LogP contribution is -2.00. The number of hydrogen-bond acceptors (Lipinski definition) is 1. The number of hydrogen-bond donors (Lipinski definition) is 0. The van der Waals surface area contributed by atoms with Gasteiger partial charge in [-0.05, 0) is 42.3 Å². The molecule has 0 aromatic heterocycles. The number of halogens is 4. The summed E-state index contributed by atoms with van der Waals surface area (Å²) in [4.78, 5) is -0.106. The zero-order valence-electron chi connectivity index (χ0n) is 8.77. The number of rotatable bonds is 4. The van der Waals surface area contributed by atoms with Gasteiger partial charge in [0.25, 0.3) is 0 Å². The Morgan fingerprint density at radius 2 is 1.94 bits per heavy atom. The molecule has 0 nitrogen and oxygen atoms in total. The van der Waals surface area contributed by atoms with E-state index < -0.39 is 11.3 Å². The van der Waals surface area contributed by atoms with Crippen LogP contribution in [0.25, 0.3) is 0 Å². The predicted octanol–water partition coefficient (Wildman–Crippen LogP) is 4.78. The Morgan fingerprint density at radius 3 is 2.44 bits per heavy atom. The zero-order valence-corrected chi connectivity index (χ0v) is 9.59. The van der Waals surface area contributed by atoms with E-state index in [1.54, 1.807) is 0 Å². The summed E-state index contributed by atoms with van der Waals surface area (Å²) in [5.74, 6) is -0.553. The van der Waals surface area contributed by atoms with Crippen molar-refractivity contribution in [1.82, 2.24) is 0 Å². The van der Waals surface area contributed by atoms with Crippen LogP contribution in [0.5, 0.6) is 0 Å². The number of benzene rings is 1. The molecule has 1 rings (SSSR count). The van der Waals surface area contributed by atoms with Crippen LogP contribution in [-0.2, 0) is 6.42 Å². The molecule has 0 aliphatic rings. The molecule has 0 N–H and O–H groups in total. The van der Waals surface area contributed by atoms with Gasteiger partial charge in [-0.3, -0.25) is 0 Å². The van der Waals surface area contributed by atoms with E-state index in [0.717, 1.165) is 18.9 Å². The van der Waals surface area contributed by atoms with Crippen molar-refractivity contribution < 1.29 is 17.6 Å². The minimum atomic E-state index is -4.36. The first-order valence-corrected chi connectivity index (χ1v) is 5.78. The van der Waals surface area contributed by atoms with Gasteiger partial charge in [-0.15, -0.1) is 0 Å². The fraction of sp³-hybridized carbons (Fsp3) is 0.455. The van der Waals surface area contributed by atoms with Crippen LogP contribution in [0.15, 0.2) is 23.1 Å². The first kappa shape index (κ1) is 13.4. The van der Waals surface area contributed by atoms with Crippen molar-refractivity contribution in [3.05, 3.63) is 29.6 Å². The molecule has 0 amide bonds. The van der Waals surface area contributed by atoms with Crippen molar-refractivity contribution in [3.8, 4) is 0 Å². The van der Waals surface area contributed by atoms with Crippen molar-refractivity contribution >= 4 is 11.8 Å². The van der Waals surface area contributed by atoms with Crippen molar-refractivity contribution in [2.75, 3.05) is 0 Å². The molecular weight excluding hydrogens is 240 g/mol. The Bertz CT molecular complexity index is 346. The van der Waals surface area contributed by atoms with Gasteiger partial charge in [0.15, 0.2) is 0 Å². The normalized spacial score (nSPS) is 11.8. The summed E-state index contributed by atoms with van der Waals surface area (Å²) >= 11 is -0.293. The quantitative estimate of drug-likeness (QED) is 0.549. The van der Waals surface area contributed by atoms with E-state index in [2.05, 4.69) is 0 Å². The van der Waals surface area contributed by atoms with Gasteiger partial charge in [-0.25, -0.2) is 4.39 Å². The molecule has 0 aliphatic heterocycles. The third-order valence-electron chi connectivity index (χ3n) is 2.06. The van der Waals surface area contributed by atoms with Crippen LogP contribution in [0.1, 0.15) is 25.3 Å². The minimum absolute atomic E-state index is 0.106. The molecule has 90 valence electrons. The summed E-state index contributed by atoms with van der Waals surface area (Å²) < 4.78 is 49.4. The number of alkyl halides is 3. The smallest absolute Gasteiger partial charge is 0.207 e. The summed E-state index contributed by atoms with van der Waals surface area (Å²) in [5.41, 5.74) is -3.88. The van der Waals surface area contributed by atoms with E-state index in [4.69, 9.17) is 0 Å². The Labute approximate surface area is 96.0 Å². The summed E-state index contributed by atoms with van der Waals surface area (Å²) in [6.45, 7) is 1.98. The average Bonchev–Trinajstić information content (AvgIpc) is 2.14. The van der Waals surface area contributed by atoms with Crippen LogP contribution in [0.2, 0.25) is 0 Å². The second-order valence-electron chi connectivity index (χ2n) is 3.40. The lowest BCUT2D eigenvalue weighted by Gasteiger charge is -2.07. The molecule has 0 bridgehead atoms. The van der Waals surface area contributed by atoms with Gasteiger partial charge in [0.05, 0.1) is 0 Å². The standard InChI is InChI=1S/C11H12F4S/c1-2-3-4-8-5-6-9(7-10(8)12)16-11(13,14)15/h5-7H,2-4H2,1H3. The fourth-order valence-electron chi connectivity index (χ4n) is 1.30. The molecule has 1 aromatic carbocycles. The van der Waals surface area contributed by atoms with Gasteiger partial charge >= 0.3 is 5.51 Å². The lowest BCUT2D eigenvalue weighted by atomic mass is 10.1. The summed E-state index contributed by atoms with van der Waals surface area (Å²) in [6, 6.07) is 3.69. The topological polar surface area (TPSA) is 0 Å². The van der Waals surface area contributed by atoms with E-state index in [0.29, 0.717) is 12.0 Å². The van der Waals surface area contributed by atoms with Gasteiger partial charge in [0.2, 0.25) is 0 Å². The van der Waals surface area contributed by atoms with Crippen LogP contribution in [-0.4, -0.2) is 5.51 Å². The zero-order chi connectivity index (χ0) is 12.2. The van der Waals surface area contributed by atoms with Gasteiger partial charge in [-0.1, -0.05) is 19.4 Å². The van der Waals surface area contributed by atoms with Crippen molar-refractivity contribution in [2.45, 2.75) is 36.6 Å². The number of aryl methyl sites for hydroxylation is 1. The summed E-state index contributed by atoms with van der Waals surface area (Å²) in [5, 5.41) is 0. The molecule has 1 aromatic rings. The Kier molecular flexibility index (Phi) is 4.65. The summed E-state index contributed by atoms with van der Waals surface area (Å²) in [6.07, 6.45) is 2.33. The SMILES string of the molecule is CCCCc1ccc(SC(F)(F)F)cc1F. The van der Waals surface area contributed by atoms with Crippen LogP contribution < -0.4 is 0 Å². The second-order valence-corrected chi connectivity index (χ2v) is 4.54. The minimum Gasteiger partial charge on any atom is -0.207 e. The number of unbranched alkanes of at least 4 members (excludes halogenated alkanes) is 1. The highest BCUT2D eigenvalue weighted by Gasteiger charge is 2.29. The van der Waals surface area contributed by atoms with Crippen molar-refractivity contribution in [3.63, 3.8) is 0 Å². The highest BCUT2D eigenvalue weighted by atomic mass is 32.2. The van der Waals surface area contributed by atoms with Gasteiger partial charge in [-0.2, -0.15) is 13.2 Å². The molecule has 0 radical (unpaired) electrons.